The molecule has 0 aliphatic heterocycles. The number of ether oxygens (including phenoxy) is 4. The summed E-state index contributed by atoms with van der Waals surface area (Å²) in [6.07, 6.45) is 23.1. The summed E-state index contributed by atoms with van der Waals surface area (Å²) in [5.74, 6) is 29.7. The minimum Gasteiger partial charge on any atom is -0.492 e. The van der Waals surface area contributed by atoms with Crippen LogP contribution in [0.15, 0.2) is 128 Å². The SMILES string of the molecule is CCCCCCOc1cc(C#Cc2ccc(-c3ncc(-c4ccc(C#Cc5cc(OCCCCCC)c(C#Cc6ccc(C#N)cc6)cc5OCCCCCC)cc4)s3)cc2)c(OCCCCCC)cc1C#Cc1ccncc1. The molecular weight excluding hydrogens is 991 g/mol. The summed E-state index contributed by atoms with van der Waals surface area (Å²) < 4.78 is 25.7. The van der Waals surface area contributed by atoms with Gasteiger partial charge in [-0.1, -0.05) is 176 Å². The van der Waals surface area contributed by atoms with E-state index in [0.29, 0.717) is 55.0 Å². The van der Waals surface area contributed by atoms with Crippen molar-refractivity contribution in [2.24, 2.45) is 0 Å². The molecule has 0 radical (unpaired) electrons. The Bertz CT molecular complexity index is 3310. The van der Waals surface area contributed by atoms with Gasteiger partial charge in [0.15, 0.2) is 0 Å². The van der Waals surface area contributed by atoms with Crippen molar-refractivity contribution in [3.63, 3.8) is 0 Å². The van der Waals surface area contributed by atoms with Crippen LogP contribution in [0.5, 0.6) is 23.0 Å². The standard InChI is InChI=1S/C71H73N3O4S/c1-5-9-13-17-45-75-66-50-63(67(76-46-18-14-10-6-2)49-62(66)37-29-55-21-23-59(53-72)24-22-55)38-30-56-25-33-60(34-26-56)70-54-74-71(79-70)61-35-27-57(28-36-61)31-39-64-51-69(78-48-20-16-12-8-4)65(40-32-58-41-43-73-44-42-58)52-68(64)77-47-19-15-11-7-3/h21-28,33-36,41-44,49-52,54H,5-20,45-48H2,1-4H3. The van der Waals surface area contributed by atoms with Crippen molar-refractivity contribution in [2.75, 3.05) is 26.4 Å². The first-order chi connectivity index (χ1) is 39.0. The molecule has 2 aromatic heterocycles. The highest BCUT2D eigenvalue weighted by Crippen LogP contribution is 2.34. The van der Waals surface area contributed by atoms with Crippen molar-refractivity contribution in [1.82, 2.24) is 9.97 Å². The molecule has 0 amide bonds. The third-order valence-electron chi connectivity index (χ3n) is 13.1. The zero-order valence-corrected chi connectivity index (χ0v) is 47.5. The second-order valence-electron chi connectivity index (χ2n) is 19.4. The maximum absolute atomic E-state index is 9.28. The highest BCUT2D eigenvalue weighted by molar-refractivity contribution is 7.18. The van der Waals surface area contributed by atoms with Crippen LogP contribution in [0.25, 0.3) is 21.0 Å². The number of nitrogens with zero attached hydrogens (tertiary/aromatic N) is 3. The van der Waals surface area contributed by atoms with E-state index in [9.17, 15) is 5.26 Å². The van der Waals surface area contributed by atoms with E-state index < -0.39 is 0 Å². The first-order valence-electron chi connectivity index (χ1n) is 28.5. The summed E-state index contributed by atoms with van der Waals surface area (Å²) in [5, 5.41) is 10.2. The largest absolute Gasteiger partial charge is 0.492 e. The number of unbranched alkanes of at least 4 members (excludes halogenated alkanes) is 12. The van der Waals surface area contributed by atoms with Gasteiger partial charge in [0.2, 0.25) is 0 Å². The fourth-order valence-corrected chi connectivity index (χ4v) is 9.34. The van der Waals surface area contributed by atoms with Crippen LogP contribution in [0.4, 0.5) is 0 Å². The second kappa shape index (κ2) is 33.2. The first-order valence-corrected chi connectivity index (χ1v) is 29.3. The maximum Gasteiger partial charge on any atom is 0.136 e. The van der Waals surface area contributed by atoms with Gasteiger partial charge in [0.25, 0.3) is 0 Å². The molecule has 0 N–H and O–H groups in total. The number of thiazole rings is 1. The quantitative estimate of drug-likeness (QED) is 0.0394. The van der Waals surface area contributed by atoms with Gasteiger partial charge in [-0.25, -0.2) is 4.98 Å². The molecule has 0 spiro atoms. The van der Waals surface area contributed by atoms with E-state index in [1.165, 1.54) is 32.1 Å². The molecule has 0 aliphatic rings. The van der Waals surface area contributed by atoms with Crippen LogP contribution in [-0.4, -0.2) is 36.4 Å². The van der Waals surface area contributed by atoms with Crippen LogP contribution in [0, 0.1) is 58.7 Å². The van der Waals surface area contributed by atoms with E-state index in [0.717, 1.165) is 136 Å². The van der Waals surface area contributed by atoms with Crippen LogP contribution in [0.1, 0.15) is 180 Å². The summed E-state index contributed by atoms with van der Waals surface area (Å²) in [6.45, 7) is 11.2. The molecule has 0 unspecified atom stereocenters. The van der Waals surface area contributed by atoms with E-state index in [-0.39, 0.29) is 0 Å². The van der Waals surface area contributed by atoms with Crippen LogP contribution in [0.3, 0.4) is 0 Å². The van der Waals surface area contributed by atoms with Gasteiger partial charge < -0.3 is 18.9 Å². The average molecular weight is 1060 g/mol. The molecule has 0 aliphatic carbocycles. The molecule has 0 bridgehead atoms. The number of aromatic nitrogens is 2. The van der Waals surface area contributed by atoms with Gasteiger partial charge in [0, 0.05) is 70.7 Å². The lowest BCUT2D eigenvalue weighted by Gasteiger charge is -2.14. The minimum atomic E-state index is 0.588. The molecule has 79 heavy (non-hydrogen) atoms. The number of rotatable bonds is 26. The average Bonchev–Trinajstić information content (AvgIpc) is 4.01. The lowest BCUT2D eigenvalue weighted by atomic mass is 10.1. The van der Waals surface area contributed by atoms with Crippen LogP contribution >= 0.6 is 11.3 Å². The normalized spacial score (nSPS) is 10.4. The summed E-state index contributed by atoms with van der Waals surface area (Å²) in [4.78, 5) is 10.0. The van der Waals surface area contributed by atoms with Gasteiger partial charge in [0.05, 0.1) is 65.2 Å². The van der Waals surface area contributed by atoms with Gasteiger partial charge in [-0.05, 0) is 91.9 Å². The Kier molecular flexibility index (Phi) is 24.6. The summed E-state index contributed by atoms with van der Waals surface area (Å²) in [7, 11) is 0. The van der Waals surface area contributed by atoms with Crippen molar-refractivity contribution in [2.45, 2.75) is 130 Å². The molecule has 7 rings (SSSR count). The number of benzene rings is 5. The molecule has 0 fully saturated rings. The lowest BCUT2D eigenvalue weighted by molar-refractivity contribution is 0.295. The van der Waals surface area contributed by atoms with E-state index >= 15 is 0 Å². The third-order valence-corrected chi connectivity index (χ3v) is 14.1. The predicted molar refractivity (Wildman–Crippen MR) is 324 cm³/mol. The smallest absolute Gasteiger partial charge is 0.136 e. The van der Waals surface area contributed by atoms with E-state index in [4.69, 9.17) is 23.9 Å². The molecule has 7 aromatic rings. The second-order valence-corrected chi connectivity index (χ2v) is 20.5. The molecule has 0 atom stereocenters. The Morgan fingerprint density at radius 2 is 0.709 bits per heavy atom. The van der Waals surface area contributed by atoms with Gasteiger partial charge in [-0.15, -0.1) is 11.3 Å². The zero-order valence-electron chi connectivity index (χ0n) is 46.6. The number of nitriles is 1. The van der Waals surface area contributed by atoms with Gasteiger partial charge >= 0.3 is 0 Å². The van der Waals surface area contributed by atoms with Gasteiger partial charge in [-0.3, -0.25) is 4.98 Å². The number of pyridine rings is 1. The Balaban J connectivity index is 1.09. The van der Waals surface area contributed by atoms with Gasteiger partial charge in [-0.2, -0.15) is 5.26 Å². The van der Waals surface area contributed by atoms with E-state index in [2.05, 4.69) is 123 Å². The Morgan fingerprint density at radius 3 is 1.06 bits per heavy atom. The fourth-order valence-electron chi connectivity index (χ4n) is 8.41. The van der Waals surface area contributed by atoms with Crippen molar-refractivity contribution < 1.29 is 18.9 Å². The summed E-state index contributed by atoms with van der Waals surface area (Å²) >= 11 is 1.65. The minimum absolute atomic E-state index is 0.588. The van der Waals surface area contributed by atoms with Crippen molar-refractivity contribution in [1.29, 1.82) is 5.26 Å². The molecule has 2 heterocycles. The topological polar surface area (TPSA) is 86.5 Å². The van der Waals surface area contributed by atoms with Crippen molar-refractivity contribution >= 4 is 11.3 Å². The molecule has 0 saturated carbocycles. The highest BCUT2D eigenvalue weighted by Gasteiger charge is 2.14. The lowest BCUT2D eigenvalue weighted by Crippen LogP contribution is -2.03. The van der Waals surface area contributed by atoms with Crippen LogP contribution in [0.2, 0.25) is 0 Å². The summed E-state index contributed by atoms with van der Waals surface area (Å²) in [5.41, 5.74) is 9.22. The third kappa shape index (κ3) is 19.3. The van der Waals surface area contributed by atoms with E-state index in [1.54, 1.807) is 35.9 Å². The monoisotopic (exact) mass is 1060 g/mol. The summed E-state index contributed by atoms with van der Waals surface area (Å²) in [6, 6.07) is 37.8. The number of hydrogen-bond donors (Lipinski definition) is 0. The van der Waals surface area contributed by atoms with Crippen molar-refractivity contribution in [3.8, 4) is 97.4 Å². The molecule has 7 nitrogen and oxygen atoms in total. The first kappa shape index (κ1) is 58.5. The van der Waals surface area contributed by atoms with Crippen molar-refractivity contribution in [3.05, 3.63) is 178 Å². The Hall–Kier alpha value is -8.19. The maximum atomic E-state index is 9.28. The molecule has 402 valence electrons. The van der Waals surface area contributed by atoms with Crippen LogP contribution < -0.4 is 18.9 Å². The predicted octanol–water partition coefficient (Wildman–Crippen LogP) is 17.2. The highest BCUT2D eigenvalue weighted by atomic mass is 32.1. The Morgan fingerprint density at radius 1 is 0.380 bits per heavy atom. The van der Waals surface area contributed by atoms with E-state index in [1.807, 2.05) is 66.9 Å². The molecular formula is C71H73N3O4S. The molecule has 5 aromatic carbocycles. The molecule has 0 saturated heterocycles. The zero-order chi connectivity index (χ0) is 55.1. The Labute approximate surface area is 475 Å². The molecule has 8 heteroatoms. The van der Waals surface area contributed by atoms with Crippen LogP contribution in [-0.2, 0) is 0 Å². The fraction of sp³-hybridized carbons (Fsp3) is 0.338. The number of hydrogen-bond acceptors (Lipinski definition) is 8. The van der Waals surface area contributed by atoms with Gasteiger partial charge in [0.1, 0.15) is 28.0 Å².